The van der Waals surface area contributed by atoms with Gasteiger partial charge >= 0.3 is 0 Å². The monoisotopic (exact) mass is 313 g/mol. The largest absolute Gasteiger partial charge is 0.383 e. The highest BCUT2D eigenvalue weighted by atomic mass is 16.5. The Morgan fingerprint density at radius 1 is 1.14 bits per heavy atom. The molecule has 2 aliphatic rings. The number of amides is 2. The molecule has 2 rings (SSSR count). The molecule has 0 aliphatic carbocycles. The Morgan fingerprint density at radius 3 is 2.41 bits per heavy atom. The summed E-state index contributed by atoms with van der Waals surface area (Å²) in [5.74, 6) is -0.0171. The number of carbonyl (C=O) groups is 2. The van der Waals surface area contributed by atoms with Crippen LogP contribution in [-0.2, 0) is 19.1 Å². The Labute approximate surface area is 132 Å². The van der Waals surface area contributed by atoms with Crippen LogP contribution in [-0.4, -0.2) is 98.3 Å². The van der Waals surface area contributed by atoms with Crippen molar-refractivity contribution >= 4 is 11.8 Å². The normalized spacial score (nSPS) is 27.0. The molecule has 0 saturated carbocycles. The van der Waals surface area contributed by atoms with Gasteiger partial charge in [-0.05, 0) is 6.92 Å². The molecule has 0 bridgehead atoms. The lowest BCUT2D eigenvalue weighted by molar-refractivity contribution is -0.172. The van der Waals surface area contributed by atoms with Crippen molar-refractivity contribution in [2.75, 3.05) is 66.1 Å². The van der Waals surface area contributed by atoms with Crippen molar-refractivity contribution in [1.82, 2.24) is 14.7 Å². The summed E-state index contributed by atoms with van der Waals surface area (Å²) in [7, 11) is 1.70. The quantitative estimate of drug-likeness (QED) is 0.694. The van der Waals surface area contributed by atoms with E-state index in [1.54, 1.807) is 18.9 Å². The molecule has 2 heterocycles. The van der Waals surface area contributed by atoms with Gasteiger partial charge in [0.2, 0.25) is 5.91 Å². The second-order valence-corrected chi connectivity index (χ2v) is 6.15. The Kier molecular flexibility index (Phi) is 5.77. The first-order chi connectivity index (χ1) is 10.5. The van der Waals surface area contributed by atoms with Crippen LogP contribution in [0.25, 0.3) is 0 Å². The Hall–Kier alpha value is -1.18. The van der Waals surface area contributed by atoms with E-state index < -0.39 is 5.60 Å². The van der Waals surface area contributed by atoms with E-state index in [-0.39, 0.29) is 11.8 Å². The van der Waals surface area contributed by atoms with Crippen LogP contribution in [0.5, 0.6) is 0 Å². The molecule has 22 heavy (non-hydrogen) atoms. The number of morpholine rings is 1. The van der Waals surface area contributed by atoms with Crippen molar-refractivity contribution in [1.29, 1.82) is 0 Å². The van der Waals surface area contributed by atoms with Gasteiger partial charge in [-0.3, -0.25) is 14.5 Å². The maximum atomic E-state index is 12.8. The number of hydrogen-bond donors (Lipinski definition) is 0. The maximum absolute atomic E-state index is 12.8. The van der Waals surface area contributed by atoms with Gasteiger partial charge in [0.15, 0.2) is 5.60 Å². The lowest BCUT2D eigenvalue weighted by atomic mass is 10.0. The average molecular weight is 313 g/mol. The highest BCUT2D eigenvalue weighted by Gasteiger charge is 2.43. The summed E-state index contributed by atoms with van der Waals surface area (Å²) in [6, 6.07) is 0. The van der Waals surface area contributed by atoms with Gasteiger partial charge in [0.05, 0.1) is 19.8 Å². The summed E-state index contributed by atoms with van der Waals surface area (Å²) in [6.45, 7) is 9.33. The van der Waals surface area contributed by atoms with Gasteiger partial charge in [0.25, 0.3) is 5.91 Å². The number of methoxy groups -OCH3 is 1. The molecule has 2 saturated heterocycles. The minimum absolute atomic E-state index is 0.00768. The van der Waals surface area contributed by atoms with E-state index >= 15 is 0 Å². The Bertz CT molecular complexity index is 410. The van der Waals surface area contributed by atoms with Crippen LogP contribution in [0.15, 0.2) is 0 Å². The van der Waals surface area contributed by atoms with Gasteiger partial charge in [-0.15, -0.1) is 0 Å². The lowest BCUT2D eigenvalue weighted by Gasteiger charge is -2.43. The molecule has 0 unspecified atom stereocenters. The SMILES string of the molecule is COCCN1CCN(C(=O)[C@]2(C)CN(C(C)=O)CCO2)CC1. The third-order valence-electron chi connectivity index (χ3n) is 4.44. The van der Waals surface area contributed by atoms with Gasteiger partial charge in [-0.25, -0.2) is 0 Å². The van der Waals surface area contributed by atoms with Crippen LogP contribution < -0.4 is 0 Å². The lowest BCUT2D eigenvalue weighted by Crippen LogP contribution is -2.62. The van der Waals surface area contributed by atoms with Gasteiger partial charge in [-0.1, -0.05) is 0 Å². The molecule has 7 nitrogen and oxygen atoms in total. The second kappa shape index (κ2) is 7.39. The predicted molar refractivity (Wildman–Crippen MR) is 81.5 cm³/mol. The summed E-state index contributed by atoms with van der Waals surface area (Å²) >= 11 is 0. The maximum Gasteiger partial charge on any atom is 0.256 e. The molecule has 0 aromatic carbocycles. The third-order valence-corrected chi connectivity index (χ3v) is 4.44. The fraction of sp³-hybridized carbons (Fsp3) is 0.867. The molecule has 126 valence electrons. The van der Waals surface area contributed by atoms with E-state index in [2.05, 4.69) is 4.90 Å². The van der Waals surface area contributed by atoms with Gasteiger partial charge in [0.1, 0.15) is 0 Å². The highest BCUT2D eigenvalue weighted by Crippen LogP contribution is 2.21. The zero-order chi connectivity index (χ0) is 16.2. The smallest absolute Gasteiger partial charge is 0.256 e. The van der Waals surface area contributed by atoms with E-state index in [4.69, 9.17) is 9.47 Å². The zero-order valence-electron chi connectivity index (χ0n) is 13.8. The Morgan fingerprint density at radius 2 is 1.82 bits per heavy atom. The zero-order valence-corrected chi connectivity index (χ0v) is 13.8. The van der Waals surface area contributed by atoms with Crippen molar-refractivity contribution in [3.63, 3.8) is 0 Å². The number of hydrogen-bond acceptors (Lipinski definition) is 5. The summed E-state index contributed by atoms with van der Waals surface area (Å²) in [4.78, 5) is 30.2. The Balaban J connectivity index is 1.90. The van der Waals surface area contributed by atoms with Gasteiger partial charge < -0.3 is 19.3 Å². The highest BCUT2D eigenvalue weighted by molar-refractivity contribution is 5.86. The van der Waals surface area contributed by atoms with Crippen molar-refractivity contribution in [2.45, 2.75) is 19.4 Å². The topological polar surface area (TPSA) is 62.3 Å². The van der Waals surface area contributed by atoms with Crippen LogP contribution in [0.4, 0.5) is 0 Å². The molecular formula is C15H27N3O4. The number of nitrogens with zero attached hydrogens (tertiary/aromatic N) is 3. The molecule has 0 N–H and O–H groups in total. The summed E-state index contributed by atoms with van der Waals surface area (Å²) in [6.07, 6.45) is 0. The third kappa shape index (κ3) is 3.97. The molecule has 0 aromatic heterocycles. The minimum atomic E-state index is -0.918. The van der Waals surface area contributed by atoms with Crippen molar-refractivity contribution in [2.24, 2.45) is 0 Å². The first-order valence-electron chi connectivity index (χ1n) is 7.86. The first-order valence-corrected chi connectivity index (χ1v) is 7.86. The summed E-state index contributed by atoms with van der Waals surface area (Å²) < 4.78 is 10.8. The number of piperazine rings is 1. The molecule has 1 atom stereocenters. The molecule has 2 aliphatic heterocycles. The first kappa shape index (κ1) is 17.2. The van der Waals surface area contributed by atoms with Crippen LogP contribution in [0.1, 0.15) is 13.8 Å². The molecule has 0 aromatic rings. The number of carbonyl (C=O) groups excluding carboxylic acids is 2. The summed E-state index contributed by atoms with van der Waals surface area (Å²) in [5, 5.41) is 0. The molecule has 0 radical (unpaired) electrons. The second-order valence-electron chi connectivity index (χ2n) is 6.15. The van der Waals surface area contributed by atoms with E-state index in [9.17, 15) is 9.59 Å². The standard InChI is InChI=1S/C15H27N3O4/c1-13(19)18-9-11-22-15(2,12-18)14(20)17-6-4-16(5-7-17)8-10-21-3/h4-12H2,1-3H3/t15-/m0/s1. The fourth-order valence-corrected chi connectivity index (χ4v) is 3.00. The van der Waals surface area contributed by atoms with Crippen molar-refractivity contribution < 1.29 is 19.1 Å². The molecule has 7 heteroatoms. The molecular weight excluding hydrogens is 286 g/mol. The molecule has 2 fully saturated rings. The molecule has 2 amide bonds. The summed E-state index contributed by atoms with van der Waals surface area (Å²) in [5.41, 5.74) is -0.918. The van der Waals surface area contributed by atoms with E-state index in [1.807, 2.05) is 4.90 Å². The van der Waals surface area contributed by atoms with E-state index in [0.717, 1.165) is 19.6 Å². The fourth-order valence-electron chi connectivity index (χ4n) is 3.00. The number of ether oxygens (including phenoxy) is 2. The molecule has 0 spiro atoms. The predicted octanol–water partition coefficient (Wildman–Crippen LogP) is -0.586. The van der Waals surface area contributed by atoms with Gasteiger partial charge in [0, 0.05) is 53.3 Å². The van der Waals surface area contributed by atoms with Crippen LogP contribution in [0, 0.1) is 0 Å². The minimum Gasteiger partial charge on any atom is -0.383 e. The van der Waals surface area contributed by atoms with Gasteiger partial charge in [-0.2, -0.15) is 0 Å². The average Bonchev–Trinajstić information content (AvgIpc) is 2.52. The number of rotatable bonds is 4. The van der Waals surface area contributed by atoms with Crippen molar-refractivity contribution in [3.05, 3.63) is 0 Å². The van der Waals surface area contributed by atoms with Crippen LogP contribution in [0.2, 0.25) is 0 Å². The van der Waals surface area contributed by atoms with Crippen LogP contribution in [0.3, 0.4) is 0 Å². The van der Waals surface area contributed by atoms with Crippen molar-refractivity contribution in [3.8, 4) is 0 Å². The van der Waals surface area contributed by atoms with E-state index in [1.165, 1.54) is 6.92 Å². The van der Waals surface area contributed by atoms with E-state index in [0.29, 0.717) is 39.4 Å². The van der Waals surface area contributed by atoms with Crippen LogP contribution >= 0.6 is 0 Å².